The van der Waals surface area contributed by atoms with Crippen molar-refractivity contribution in [3.63, 3.8) is 0 Å². The van der Waals surface area contributed by atoms with Gasteiger partial charge in [-0.3, -0.25) is 0 Å². The highest BCUT2D eigenvalue weighted by Crippen LogP contribution is 2.33. The second kappa shape index (κ2) is 4.97. The quantitative estimate of drug-likeness (QED) is 0.876. The lowest BCUT2D eigenvalue weighted by atomic mass is 9.85. The summed E-state index contributed by atoms with van der Waals surface area (Å²) in [5.41, 5.74) is 9.72. The molecule has 2 N–H and O–H groups in total. The van der Waals surface area contributed by atoms with E-state index in [1.807, 2.05) is 6.92 Å². The monoisotopic (exact) mass is 274 g/mol. The Morgan fingerprint density at radius 1 is 1.16 bits per heavy atom. The maximum absolute atomic E-state index is 5.78. The number of nitrogens with two attached hydrogens (primary N) is 1. The molecule has 1 aromatic carbocycles. The third-order valence-electron chi connectivity index (χ3n) is 3.52. The largest absolute Gasteiger partial charge is 0.375 e. The zero-order valence-corrected chi connectivity index (χ0v) is 13.1. The van der Waals surface area contributed by atoms with Crippen LogP contribution in [-0.2, 0) is 5.41 Å². The molecule has 1 unspecified atom stereocenters. The number of hydrogen-bond acceptors (Lipinski definition) is 3. The fraction of sp³-hybridized carbons (Fsp3) is 0.438. The van der Waals surface area contributed by atoms with Crippen LogP contribution in [0.3, 0.4) is 0 Å². The second-order valence-electron chi connectivity index (χ2n) is 6.10. The van der Waals surface area contributed by atoms with Crippen molar-refractivity contribution in [3.8, 4) is 0 Å². The summed E-state index contributed by atoms with van der Waals surface area (Å²) in [5, 5.41) is 0.658. The van der Waals surface area contributed by atoms with E-state index < -0.39 is 0 Å². The van der Waals surface area contributed by atoms with Gasteiger partial charge in [-0.25, -0.2) is 4.98 Å². The van der Waals surface area contributed by atoms with Gasteiger partial charge >= 0.3 is 0 Å². The predicted octanol–water partition coefficient (Wildman–Crippen LogP) is 4.48. The fourth-order valence-corrected chi connectivity index (χ4v) is 3.17. The van der Waals surface area contributed by atoms with E-state index in [1.165, 1.54) is 16.0 Å². The summed E-state index contributed by atoms with van der Waals surface area (Å²) >= 11 is 1.59. The van der Waals surface area contributed by atoms with E-state index in [1.54, 1.807) is 11.3 Å². The molecule has 0 saturated heterocycles. The van der Waals surface area contributed by atoms with Crippen LogP contribution in [-0.4, -0.2) is 4.98 Å². The van der Waals surface area contributed by atoms with Gasteiger partial charge in [-0.15, -0.1) is 11.3 Å². The summed E-state index contributed by atoms with van der Waals surface area (Å²) in [5.74, 6) is 0.351. The summed E-state index contributed by atoms with van der Waals surface area (Å²) in [6.07, 6.45) is 0. The maximum atomic E-state index is 5.78. The molecule has 2 rings (SSSR count). The third-order valence-corrected chi connectivity index (χ3v) is 4.69. The topological polar surface area (TPSA) is 38.9 Å². The Labute approximate surface area is 119 Å². The lowest BCUT2D eigenvalue weighted by Gasteiger charge is -2.20. The number of nitrogens with zero attached hydrogens (tertiary/aromatic N) is 1. The molecule has 0 aliphatic rings. The van der Waals surface area contributed by atoms with E-state index in [9.17, 15) is 0 Å². The predicted molar refractivity (Wildman–Crippen MR) is 83.9 cm³/mol. The van der Waals surface area contributed by atoms with Crippen molar-refractivity contribution < 1.29 is 0 Å². The van der Waals surface area contributed by atoms with Crippen molar-refractivity contribution in [2.24, 2.45) is 0 Å². The molecular weight excluding hydrogens is 252 g/mol. The molecule has 3 heteroatoms. The smallest absolute Gasteiger partial charge is 0.180 e. The Kier molecular flexibility index (Phi) is 3.68. The Morgan fingerprint density at radius 3 is 2.16 bits per heavy atom. The number of thiazole rings is 1. The van der Waals surface area contributed by atoms with Gasteiger partial charge in [0.05, 0.1) is 5.69 Å². The van der Waals surface area contributed by atoms with E-state index in [0.717, 1.165) is 5.69 Å². The van der Waals surface area contributed by atoms with E-state index in [2.05, 4.69) is 56.9 Å². The third kappa shape index (κ3) is 2.98. The molecule has 0 aliphatic carbocycles. The number of benzene rings is 1. The SMILES string of the molecule is Cc1nc(N)sc1C(C)c1ccc(C(C)(C)C)cc1. The fourth-order valence-electron chi connectivity index (χ4n) is 2.25. The minimum Gasteiger partial charge on any atom is -0.375 e. The summed E-state index contributed by atoms with van der Waals surface area (Å²) in [4.78, 5) is 5.58. The number of nitrogen functional groups attached to an aromatic ring is 1. The molecule has 0 spiro atoms. The maximum Gasteiger partial charge on any atom is 0.180 e. The zero-order valence-electron chi connectivity index (χ0n) is 12.3. The Bertz CT molecular complexity index is 561. The van der Waals surface area contributed by atoms with Crippen LogP contribution in [0.15, 0.2) is 24.3 Å². The minimum atomic E-state index is 0.201. The van der Waals surface area contributed by atoms with Crippen molar-refractivity contribution >= 4 is 16.5 Å². The molecular formula is C16H22N2S. The molecule has 2 aromatic rings. The van der Waals surface area contributed by atoms with Gasteiger partial charge in [0.2, 0.25) is 0 Å². The molecule has 0 radical (unpaired) electrons. The number of aromatic nitrogens is 1. The summed E-state index contributed by atoms with van der Waals surface area (Å²) < 4.78 is 0. The first kappa shape index (κ1) is 14.1. The molecule has 0 aliphatic heterocycles. The summed E-state index contributed by atoms with van der Waals surface area (Å²) in [6.45, 7) is 11.0. The van der Waals surface area contributed by atoms with E-state index in [0.29, 0.717) is 11.0 Å². The van der Waals surface area contributed by atoms with Crippen LogP contribution in [0.5, 0.6) is 0 Å². The van der Waals surface area contributed by atoms with Crippen LogP contribution in [0, 0.1) is 6.92 Å². The van der Waals surface area contributed by atoms with Gasteiger partial charge in [-0.1, -0.05) is 52.0 Å². The van der Waals surface area contributed by atoms with Crippen LogP contribution >= 0.6 is 11.3 Å². The van der Waals surface area contributed by atoms with Crippen LogP contribution in [0.2, 0.25) is 0 Å². The molecule has 1 atom stereocenters. The van der Waals surface area contributed by atoms with Crippen molar-refractivity contribution in [1.82, 2.24) is 4.98 Å². The van der Waals surface area contributed by atoms with Crippen LogP contribution < -0.4 is 5.73 Å². The van der Waals surface area contributed by atoms with Crippen molar-refractivity contribution in [1.29, 1.82) is 0 Å². The van der Waals surface area contributed by atoms with Gasteiger partial charge in [0.25, 0.3) is 0 Å². The molecule has 102 valence electrons. The molecule has 0 saturated carbocycles. The summed E-state index contributed by atoms with van der Waals surface area (Å²) in [6, 6.07) is 8.90. The van der Waals surface area contributed by atoms with Gasteiger partial charge < -0.3 is 5.73 Å². The first-order valence-electron chi connectivity index (χ1n) is 6.62. The molecule has 0 bridgehead atoms. The highest BCUT2D eigenvalue weighted by atomic mass is 32.1. The highest BCUT2D eigenvalue weighted by Gasteiger charge is 2.17. The Balaban J connectivity index is 2.30. The Hall–Kier alpha value is -1.35. The molecule has 19 heavy (non-hydrogen) atoms. The van der Waals surface area contributed by atoms with Crippen LogP contribution in [0.25, 0.3) is 0 Å². The minimum absolute atomic E-state index is 0.201. The second-order valence-corrected chi connectivity index (χ2v) is 7.16. The average molecular weight is 274 g/mol. The first-order valence-corrected chi connectivity index (χ1v) is 7.44. The van der Waals surface area contributed by atoms with Gasteiger partial charge in [0.15, 0.2) is 5.13 Å². The number of aryl methyl sites for hydroxylation is 1. The van der Waals surface area contributed by atoms with Gasteiger partial charge in [-0.05, 0) is 23.5 Å². The van der Waals surface area contributed by atoms with E-state index >= 15 is 0 Å². The highest BCUT2D eigenvalue weighted by molar-refractivity contribution is 7.15. The molecule has 2 nitrogen and oxygen atoms in total. The molecule has 0 fully saturated rings. The summed E-state index contributed by atoms with van der Waals surface area (Å²) in [7, 11) is 0. The number of hydrogen-bond donors (Lipinski definition) is 1. The average Bonchev–Trinajstić information content (AvgIpc) is 2.66. The van der Waals surface area contributed by atoms with Gasteiger partial charge in [0, 0.05) is 10.8 Å². The molecule has 1 heterocycles. The lowest BCUT2D eigenvalue weighted by molar-refractivity contribution is 0.590. The van der Waals surface area contributed by atoms with Crippen molar-refractivity contribution in [3.05, 3.63) is 46.0 Å². The van der Waals surface area contributed by atoms with Gasteiger partial charge in [0.1, 0.15) is 0 Å². The molecule has 1 aromatic heterocycles. The molecule has 0 amide bonds. The zero-order chi connectivity index (χ0) is 14.2. The van der Waals surface area contributed by atoms with Gasteiger partial charge in [-0.2, -0.15) is 0 Å². The number of rotatable bonds is 2. The van der Waals surface area contributed by atoms with Crippen LogP contribution in [0.4, 0.5) is 5.13 Å². The normalized spacial score (nSPS) is 13.5. The Morgan fingerprint density at radius 2 is 1.74 bits per heavy atom. The van der Waals surface area contributed by atoms with Crippen molar-refractivity contribution in [2.45, 2.75) is 46.0 Å². The van der Waals surface area contributed by atoms with E-state index in [4.69, 9.17) is 5.73 Å². The van der Waals surface area contributed by atoms with Crippen LogP contribution in [0.1, 0.15) is 55.3 Å². The van der Waals surface area contributed by atoms with E-state index in [-0.39, 0.29) is 5.41 Å². The van der Waals surface area contributed by atoms with Crippen molar-refractivity contribution in [2.75, 3.05) is 5.73 Å². The number of anilines is 1. The first-order chi connectivity index (χ1) is 8.79. The standard InChI is InChI=1S/C16H22N2S/c1-10(14-11(2)18-15(17)19-14)12-6-8-13(9-7-12)16(3,4)5/h6-10H,1-5H3,(H2,17,18). The lowest BCUT2D eigenvalue weighted by Crippen LogP contribution is -2.11.